The van der Waals surface area contributed by atoms with Gasteiger partial charge >= 0.3 is 0 Å². The summed E-state index contributed by atoms with van der Waals surface area (Å²) >= 11 is 0. The molecule has 5 bridgehead atoms. The quantitative estimate of drug-likeness (QED) is 0.149. The second-order valence-corrected chi connectivity index (χ2v) is 13.7. The minimum Gasteiger partial charge on any atom is -0.507 e. The van der Waals surface area contributed by atoms with Crippen LogP contribution in [0.15, 0.2) is 36.5 Å². The molecule has 3 aromatic rings. The Morgan fingerprint density at radius 1 is 0.979 bits per heavy atom. The molecule has 5 heterocycles. The van der Waals surface area contributed by atoms with Gasteiger partial charge in [-0.1, -0.05) is 25.0 Å². The fourth-order valence-corrected chi connectivity index (χ4v) is 8.50. The summed E-state index contributed by atoms with van der Waals surface area (Å²) in [6.45, 7) is 0.957. The van der Waals surface area contributed by atoms with Crippen LogP contribution < -0.4 is 10.1 Å². The molecule has 0 amide bonds. The lowest BCUT2D eigenvalue weighted by Crippen LogP contribution is -2.72. The minimum absolute atomic E-state index is 0.0165. The van der Waals surface area contributed by atoms with Crippen molar-refractivity contribution in [1.29, 1.82) is 0 Å². The Morgan fingerprint density at radius 3 is 2.49 bits per heavy atom. The van der Waals surface area contributed by atoms with Crippen LogP contribution in [-0.4, -0.2) is 96.1 Å². The topological polar surface area (TPSA) is 199 Å². The van der Waals surface area contributed by atoms with Crippen LogP contribution in [0, 0.1) is 12.3 Å². The first kappa shape index (κ1) is 30.4. The van der Waals surface area contributed by atoms with E-state index in [2.05, 4.69) is 10.3 Å². The van der Waals surface area contributed by atoms with Gasteiger partial charge in [0, 0.05) is 46.7 Å². The fourth-order valence-electron chi connectivity index (χ4n) is 8.50. The van der Waals surface area contributed by atoms with E-state index < -0.39 is 59.4 Å². The zero-order valence-electron chi connectivity index (χ0n) is 25.7. The van der Waals surface area contributed by atoms with Crippen LogP contribution in [0.5, 0.6) is 11.5 Å². The van der Waals surface area contributed by atoms with Gasteiger partial charge in [0.2, 0.25) is 11.6 Å². The number of aliphatic hydroxyl groups is 5. The van der Waals surface area contributed by atoms with Gasteiger partial charge in [-0.3, -0.25) is 9.59 Å². The molecule has 1 saturated heterocycles. The fraction of sp³-hybridized carbons (Fsp3) is 0.457. The van der Waals surface area contributed by atoms with Gasteiger partial charge in [-0.2, -0.15) is 0 Å². The van der Waals surface area contributed by atoms with Crippen molar-refractivity contribution in [1.82, 2.24) is 4.98 Å². The van der Waals surface area contributed by atoms with Crippen molar-refractivity contribution in [2.75, 3.05) is 18.5 Å². The number of carbonyl (C=O) groups is 2. The first-order valence-electron chi connectivity index (χ1n) is 16.0. The summed E-state index contributed by atoms with van der Waals surface area (Å²) in [4.78, 5) is 33.3. The summed E-state index contributed by atoms with van der Waals surface area (Å²) in [5.74, 6) is -3.39. The van der Waals surface area contributed by atoms with Gasteiger partial charge in [0.15, 0.2) is 5.78 Å². The number of carbonyl (C=O) groups excluding carboxylic acids is 2. The van der Waals surface area contributed by atoms with Crippen molar-refractivity contribution in [3.8, 4) is 11.5 Å². The first-order valence-corrected chi connectivity index (χ1v) is 16.0. The lowest BCUT2D eigenvalue weighted by Gasteiger charge is -2.54. The number of pyridine rings is 1. The number of ketones is 2. The molecular weight excluding hydrogens is 608 g/mol. The highest BCUT2D eigenvalue weighted by Crippen LogP contribution is 2.53. The predicted molar refractivity (Wildman–Crippen MR) is 167 cm³/mol. The largest absolute Gasteiger partial charge is 0.507 e. The monoisotopic (exact) mass is 644 g/mol. The molecule has 12 nitrogen and oxygen atoms in total. The van der Waals surface area contributed by atoms with E-state index in [-0.39, 0.29) is 53.1 Å². The number of aromatic nitrogens is 1. The molecule has 2 fully saturated rings. The number of fused-ring (bicyclic) bond motifs is 6. The van der Waals surface area contributed by atoms with Crippen molar-refractivity contribution < 1.29 is 49.7 Å². The van der Waals surface area contributed by atoms with Gasteiger partial charge in [0.05, 0.1) is 23.8 Å². The third kappa shape index (κ3) is 4.06. The molecule has 2 spiro atoms. The van der Waals surface area contributed by atoms with Gasteiger partial charge in [-0.15, -0.1) is 0 Å². The summed E-state index contributed by atoms with van der Waals surface area (Å²) in [5, 5.41) is 71.6. The Bertz CT molecular complexity index is 1900. The molecule has 1 saturated carbocycles. The molecule has 0 unspecified atom stereocenters. The van der Waals surface area contributed by atoms with Gasteiger partial charge < -0.3 is 45.4 Å². The van der Waals surface area contributed by atoms with E-state index in [9.17, 15) is 40.2 Å². The predicted octanol–water partition coefficient (Wildman–Crippen LogP) is 1.79. The number of hydrogen-bond donors (Lipinski definition) is 7. The molecule has 4 aliphatic heterocycles. The van der Waals surface area contributed by atoms with Crippen LogP contribution in [0.25, 0.3) is 10.8 Å². The number of phenols is 1. The first-order chi connectivity index (χ1) is 22.5. The molecule has 12 heteroatoms. The van der Waals surface area contributed by atoms with E-state index in [4.69, 9.17) is 9.47 Å². The summed E-state index contributed by atoms with van der Waals surface area (Å²) < 4.78 is 13.0. The zero-order chi connectivity index (χ0) is 33.0. The second-order valence-electron chi connectivity index (χ2n) is 13.7. The molecule has 2 aliphatic carbocycles. The molecule has 6 aliphatic rings. The highest BCUT2D eigenvalue weighted by molar-refractivity contribution is 6.34. The van der Waals surface area contributed by atoms with Crippen LogP contribution >= 0.6 is 0 Å². The molecule has 6 atom stereocenters. The van der Waals surface area contributed by atoms with E-state index >= 15 is 0 Å². The maximum absolute atomic E-state index is 14.4. The lowest BCUT2D eigenvalue weighted by molar-refractivity contribution is -0.364. The van der Waals surface area contributed by atoms with Crippen molar-refractivity contribution in [2.45, 2.75) is 81.3 Å². The van der Waals surface area contributed by atoms with E-state index in [0.717, 1.165) is 12.8 Å². The molecule has 246 valence electrons. The van der Waals surface area contributed by atoms with Gasteiger partial charge in [-0.05, 0) is 55.3 Å². The number of hydrogen-bond acceptors (Lipinski definition) is 12. The highest BCUT2D eigenvalue weighted by Gasteiger charge is 2.62. The summed E-state index contributed by atoms with van der Waals surface area (Å²) in [6, 6.07) is 4.58. The molecule has 2 aromatic carbocycles. The van der Waals surface area contributed by atoms with Gasteiger partial charge in [0.25, 0.3) is 0 Å². The lowest BCUT2D eigenvalue weighted by atomic mass is 9.74. The van der Waals surface area contributed by atoms with E-state index in [1.54, 1.807) is 25.1 Å². The average molecular weight is 645 g/mol. The third-order valence-corrected chi connectivity index (χ3v) is 11.0. The number of ether oxygens (including phenoxy) is 2. The third-order valence-electron chi connectivity index (χ3n) is 11.0. The smallest absolute Gasteiger partial charge is 0.240 e. The van der Waals surface area contributed by atoms with Crippen molar-refractivity contribution >= 4 is 28.2 Å². The summed E-state index contributed by atoms with van der Waals surface area (Å²) in [7, 11) is 0. The Kier molecular flexibility index (Phi) is 6.66. The number of aliphatic hydroxyl groups excluding tert-OH is 5. The Morgan fingerprint density at radius 2 is 1.74 bits per heavy atom. The van der Waals surface area contributed by atoms with Crippen molar-refractivity contribution in [3.05, 3.63) is 69.9 Å². The van der Waals surface area contributed by atoms with Crippen LogP contribution in [0.2, 0.25) is 0 Å². The number of phenolic OH excluding ortho intramolecular Hbond substituents is 1. The molecule has 0 radical (unpaired) electrons. The number of aromatic hydroxyl groups is 1. The second kappa shape index (κ2) is 10.3. The highest BCUT2D eigenvalue weighted by atomic mass is 16.7. The minimum atomic E-state index is -2.08. The zero-order valence-corrected chi connectivity index (χ0v) is 25.7. The maximum atomic E-state index is 14.4. The van der Waals surface area contributed by atoms with E-state index in [0.29, 0.717) is 40.6 Å². The Hall–Kier alpha value is -3.91. The van der Waals surface area contributed by atoms with Crippen LogP contribution in [0.4, 0.5) is 5.82 Å². The van der Waals surface area contributed by atoms with E-state index in [1.165, 1.54) is 18.3 Å². The number of nitrogens with one attached hydrogen (secondary N) is 1. The average Bonchev–Trinajstić information content (AvgIpc) is 3.55. The molecular formula is C35H36N2O10. The number of aryl methyl sites for hydroxylation is 2. The summed E-state index contributed by atoms with van der Waals surface area (Å²) in [5.41, 5.74) is -1.95. The maximum Gasteiger partial charge on any atom is 0.240 e. The Balaban J connectivity index is 1.44. The normalized spacial score (nSPS) is 32.2. The van der Waals surface area contributed by atoms with Gasteiger partial charge in [-0.25, -0.2) is 4.98 Å². The molecule has 47 heavy (non-hydrogen) atoms. The van der Waals surface area contributed by atoms with Crippen LogP contribution in [-0.2, 0) is 11.2 Å². The van der Waals surface area contributed by atoms with Crippen LogP contribution in [0.3, 0.4) is 0 Å². The van der Waals surface area contributed by atoms with Crippen molar-refractivity contribution in [2.24, 2.45) is 5.41 Å². The van der Waals surface area contributed by atoms with Crippen molar-refractivity contribution in [3.63, 3.8) is 0 Å². The number of benzene rings is 2. The summed E-state index contributed by atoms with van der Waals surface area (Å²) in [6.07, 6.45) is 1.22. The molecule has 7 N–H and O–H groups in total. The number of rotatable bonds is 1. The van der Waals surface area contributed by atoms with Crippen LogP contribution in [0.1, 0.15) is 75.1 Å². The Labute approximate surface area is 269 Å². The molecule has 1 aromatic heterocycles. The standard InChI is InChI=1S/C35H36N2O10/c1-16-12-19-23(20(39)13-16)27(42)25-24(26(19)41)17-5-11-36-32-22(17)18-4-8-35(46-29(18)25)31(45)28(43)30(44)34(15-38,47-35)10-9-33(6-2-3-7-33)21(40)14-37-32/h5,9-13,21,28,30-31,38-40,43-45H,2-4,6-8,14-15H2,1H3,(H,36,37)/t21-,28-,30-,31+,34+,35+/m0/s1. The molecule has 9 rings (SSSR count). The number of nitrogens with zero attached hydrogens (tertiary/aromatic N) is 1. The number of anilines is 1. The van der Waals surface area contributed by atoms with Gasteiger partial charge in [0.1, 0.15) is 41.2 Å². The SMILES string of the molecule is Cc1cc(O)c2c(c1)C(=O)c1c(c3c4c5c(nccc15)NC[C@H](O)C1(C=C[C@]5(CO)O[C@@](CC4)(O3)[C@H](O)[C@@H](O)[C@@H]5O)CCCC1)C2=O. The van der Waals surface area contributed by atoms with E-state index in [1.807, 2.05) is 0 Å².